The smallest absolute Gasteiger partial charge is 0.248 e. The van der Waals surface area contributed by atoms with Crippen molar-refractivity contribution in [2.45, 2.75) is 18.9 Å². The number of amides is 1. The Balaban J connectivity index is 2.19. The molecule has 4 nitrogen and oxygen atoms in total. The van der Waals surface area contributed by atoms with Gasteiger partial charge >= 0.3 is 0 Å². The second kappa shape index (κ2) is 5.59. The Kier molecular flexibility index (Phi) is 4.09. The van der Waals surface area contributed by atoms with Crippen LogP contribution in [0, 0.1) is 0 Å². The maximum atomic E-state index is 11.1. The van der Waals surface area contributed by atoms with E-state index in [1.807, 2.05) is 13.1 Å². The summed E-state index contributed by atoms with van der Waals surface area (Å²) in [6.45, 7) is 2.07. The van der Waals surface area contributed by atoms with Crippen molar-refractivity contribution in [3.05, 3.63) is 28.8 Å². The number of carbonyl (C=O) groups is 1. The Morgan fingerprint density at radius 3 is 2.67 bits per heavy atom. The third-order valence-corrected chi connectivity index (χ3v) is 3.77. The van der Waals surface area contributed by atoms with Gasteiger partial charge < -0.3 is 16.0 Å². The van der Waals surface area contributed by atoms with Crippen LogP contribution in [0.5, 0.6) is 0 Å². The summed E-state index contributed by atoms with van der Waals surface area (Å²) in [5, 5.41) is 3.92. The topological polar surface area (TPSA) is 58.4 Å². The minimum Gasteiger partial charge on any atom is -0.370 e. The third kappa shape index (κ3) is 2.76. The number of nitrogens with one attached hydrogen (secondary N) is 1. The van der Waals surface area contributed by atoms with E-state index in [-0.39, 0.29) is 0 Å². The highest BCUT2D eigenvalue weighted by Gasteiger charge is 2.20. The number of nitrogens with zero attached hydrogens (tertiary/aromatic N) is 1. The number of halogens is 1. The number of carbonyl (C=O) groups excluding carboxylic acids is 1. The highest BCUT2D eigenvalue weighted by molar-refractivity contribution is 6.33. The summed E-state index contributed by atoms with van der Waals surface area (Å²) in [4.78, 5) is 13.3. The van der Waals surface area contributed by atoms with E-state index in [1.54, 1.807) is 12.1 Å². The number of anilines is 1. The highest BCUT2D eigenvalue weighted by atomic mass is 35.5. The van der Waals surface area contributed by atoms with E-state index in [4.69, 9.17) is 17.3 Å². The molecule has 5 heteroatoms. The zero-order valence-corrected chi connectivity index (χ0v) is 11.2. The molecule has 2 rings (SSSR count). The molecule has 1 saturated heterocycles. The SMILES string of the molecule is CN(c1ccc(C(N)=O)cc1Cl)C1CCNCC1. The summed E-state index contributed by atoms with van der Waals surface area (Å²) < 4.78 is 0. The van der Waals surface area contributed by atoms with Crippen LogP contribution in [0.25, 0.3) is 0 Å². The first-order valence-electron chi connectivity index (χ1n) is 6.12. The van der Waals surface area contributed by atoms with E-state index in [9.17, 15) is 4.79 Å². The fraction of sp³-hybridized carbons (Fsp3) is 0.462. The van der Waals surface area contributed by atoms with Gasteiger partial charge in [0, 0.05) is 18.7 Å². The van der Waals surface area contributed by atoms with Crippen molar-refractivity contribution in [2.75, 3.05) is 25.0 Å². The number of hydrogen-bond donors (Lipinski definition) is 2. The van der Waals surface area contributed by atoms with E-state index in [0.717, 1.165) is 31.6 Å². The molecule has 0 spiro atoms. The van der Waals surface area contributed by atoms with Gasteiger partial charge in [-0.3, -0.25) is 4.79 Å². The molecule has 0 unspecified atom stereocenters. The van der Waals surface area contributed by atoms with Gasteiger partial charge in [-0.1, -0.05) is 11.6 Å². The Morgan fingerprint density at radius 2 is 2.11 bits per heavy atom. The third-order valence-electron chi connectivity index (χ3n) is 3.47. The molecular weight excluding hydrogens is 250 g/mol. The molecule has 18 heavy (non-hydrogen) atoms. The van der Waals surface area contributed by atoms with Crippen LogP contribution in [0.4, 0.5) is 5.69 Å². The molecule has 1 aromatic carbocycles. The summed E-state index contributed by atoms with van der Waals surface area (Å²) in [6.07, 6.45) is 2.20. The fourth-order valence-electron chi connectivity index (χ4n) is 2.34. The molecule has 0 bridgehead atoms. The lowest BCUT2D eigenvalue weighted by Gasteiger charge is -2.33. The molecule has 0 saturated carbocycles. The van der Waals surface area contributed by atoms with Gasteiger partial charge in [-0.05, 0) is 44.1 Å². The zero-order chi connectivity index (χ0) is 13.1. The van der Waals surface area contributed by atoms with Crippen LogP contribution < -0.4 is 16.0 Å². The van der Waals surface area contributed by atoms with Crippen LogP contribution in [-0.2, 0) is 0 Å². The first kappa shape index (κ1) is 13.2. The Morgan fingerprint density at radius 1 is 1.44 bits per heavy atom. The zero-order valence-electron chi connectivity index (χ0n) is 10.4. The van der Waals surface area contributed by atoms with Crippen LogP contribution in [0.1, 0.15) is 23.2 Å². The second-order valence-corrected chi connectivity index (χ2v) is 5.03. The summed E-state index contributed by atoms with van der Waals surface area (Å²) in [5.74, 6) is -0.451. The van der Waals surface area contributed by atoms with Gasteiger partial charge in [-0.25, -0.2) is 0 Å². The monoisotopic (exact) mass is 267 g/mol. The molecule has 98 valence electrons. The van der Waals surface area contributed by atoms with Crippen LogP contribution in [0.15, 0.2) is 18.2 Å². The molecule has 0 aliphatic carbocycles. The number of benzene rings is 1. The quantitative estimate of drug-likeness (QED) is 0.875. The van der Waals surface area contributed by atoms with Gasteiger partial charge in [-0.15, -0.1) is 0 Å². The van der Waals surface area contributed by atoms with E-state index in [1.165, 1.54) is 0 Å². The Hall–Kier alpha value is -1.26. The van der Waals surface area contributed by atoms with E-state index in [0.29, 0.717) is 16.6 Å². The van der Waals surface area contributed by atoms with Gasteiger partial charge in [-0.2, -0.15) is 0 Å². The van der Waals surface area contributed by atoms with Crippen LogP contribution in [-0.4, -0.2) is 32.1 Å². The number of primary amides is 1. The lowest BCUT2D eigenvalue weighted by atomic mass is 10.0. The minimum absolute atomic E-state index is 0.447. The predicted octanol–water partition coefficient (Wildman–Crippen LogP) is 1.63. The molecule has 0 radical (unpaired) electrons. The Labute approximate surface area is 112 Å². The molecule has 1 fully saturated rings. The minimum atomic E-state index is -0.451. The molecule has 1 amide bonds. The maximum Gasteiger partial charge on any atom is 0.248 e. The van der Waals surface area contributed by atoms with Crippen molar-refractivity contribution in [1.82, 2.24) is 5.32 Å². The summed E-state index contributed by atoms with van der Waals surface area (Å²) >= 11 is 6.22. The number of hydrogen-bond acceptors (Lipinski definition) is 3. The largest absolute Gasteiger partial charge is 0.370 e. The molecular formula is C13H18ClN3O. The van der Waals surface area contributed by atoms with Crippen molar-refractivity contribution in [2.24, 2.45) is 5.73 Å². The standard InChI is InChI=1S/C13H18ClN3O/c1-17(10-4-6-16-7-5-10)12-3-2-9(13(15)18)8-11(12)14/h2-3,8,10,16H,4-7H2,1H3,(H2,15,18). The molecule has 1 heterocycles. The summed E-state index contributed by atoms with van der Waals surface area (Å²) in [7, 11) is 2.04. The molecule has 3 N–H and O–H groups in total. The van der Waals surface area contributed by atoms with Crippen molar-refractivity contribution >= 4 is 23.2 Å². The highest BCUT2D eigenvalue weighted by Crippen LogP contribution is 2.29. The average Bonchev–Trinajstić information content (AvgIpc) is 2.38. The normalized spacial score (nSPS) is 16.6. The summed E-state index contributed by atoms with van der Waals surface area (Å²) in [5.41, 5.74) is 6.63. The molecule has 1 aliphatic heterocycles. The number of piperidine rings is 1. The number of nitrogens with two attached hydrogens (primary N) is 1. The van der Waals surface area contributed by atoms with Crippen molar-refractivity contribution in [3.63, 3.8) is 0 Å². The van der Waals surface area contributed by atoms with Gasteiger partial charge in [0.15, 0.2) is 0 Å². The maximum absolute atomic E-state index is 11.1. The van der Waals surface area contributed by atoms with Gasteiger partial charge in [0.05, 0.1) is 10.7 Å². The van der Waals surface area contributed by atoms with Crippen molar-refractivity contribution in [3.8, 4) is 0 Å². The van der Waals surface area contributed by atoms with Crippen LogP contribution in [0.3, 0.4) is 0 Å². The van der Waals surface area contributed by atoms with Crippen molar-refractivity contribution in [1.29, 1.82) is 0 Å². The lowest BCUT2D eigenvalue weighted by molar-refractivity contribution is 0.100. The Bertz CT molecular complexity index is 444. The van der Waals surface area contributed by atoms with Gasteiger partial charge in [0.25, 0.3) is 0 Å². The predicted molar refractivity (Wildman–Crippen MR) is 74.3 cm³/mol. The average molecular weight is 268 g/mol. The lowest BCUT2D eigenvalue weighted by Crippen LogP contribution is -2.41. The second-order valence-electron chi connectivity index (χ2n) is 4.62. The van der Waals surface area contributed by atoms with Gasteiger partial charge in [0.1, 0.15) is 0 Å². The van der Waals surface area contributed by atoms with Gasteiger partial charge in [0.2, 0.25) is 5.91 Å². The molecule has 1 aliphatic rings. The molecule has 0 aromatic heterocycles. The number of rotatable bonds is 3. The van der Waals surface area contributed by atoms with E-state index in [2.05, 4.69) is 10.2 Å². The van der Waals surface area contributed by atoms with E-state index >= 15 is 0 Å². The van der Waals surface area contributed by atoms with E-state index < -0.39 is 5.91 Å². The van der Waals surface area contributed by atoms with Crippen LogP contribution in [0.2, 0.25) is 5.02 Å². The first-order chi connectivity index (χ1) is 8.59. The molecule has 1 aromatic rings. The van der Waals surface area contributed by atoms with Crippen molar-refractivity contribution < 1.29 is 4.79 Å². The summed E-state index contributed by atoms with van der Waals surface area (Å²) in [6, 6.07) is 5.71. The van der Waals surface area contributed by atoms with Crippen LogP contribution >= 0.6 is 11.6 Å². The first-order valence-corrected chi connectivity index (χ1v) is 6.50. The fourth-order valence-corrected chi connectivity index (χ4v) is 2.65. The molecule has 0 atom stereocenters.